The van der Waals surface area contributed by atoms with Crippen LogP contribution in [0, 0.1) is 0 Å². The van der Waals surface area contributed by atoms with E-state index >= 15 is 0 Å². The number of para-hydroxylation sites is 1. The van der Waals surface area contributed by atoms with E-state index in [0.29, 0.717) is 12.5 Å². The minimum absolute atomic E-state index is 0.562. The average Bonchev–Trinajstić information content (AvgIpc) is 3.19. The fourth-order valence-electron chi connectivity index (χ4n) is 2.33. The SMILES string of the molecule is CC(C)(O)c1sc(CCOc2ccccc2)nc1C1CC1. The monoisotopic (exact) mass is 303 g/mol. The number of thiazole rings is 1. The number of hydrogen-bond donors (Lipinski definition) is 1. The maximum absolute atomic E-state index is 10.3. The molecule has 0 radical (unpaired) electrons. The first-order valence-corrected chi connectivity index (χ1v) is 8.26. The molecule has 0 aliphatic heterocycles. The van der Waals surface area contributed by atoms with Crippen molar-refractivity contribution in [2.24, 2.45) is 0 Å². The molecule has 0 bridgehead atoms. The summed E-state index contributed by atoms with van der Waals surface area (Å²) in [6.45, 7) is 4.31. The second-order valence-corrected chi connectivity index (χ2v) is 7.15. The molecule has 1 aromatic heterocycles. The topological polar surface area (TPSA) is 42.4 Å². The summed E-state index contributed by atoms with van der Waals surface area (Å²) in [5, 5.41) is 11.4. The van der Waals surface area contributed by atoms with Gasteiger partial charge in [0.2, 0.25) is 0 Å². The van der Waals surface area contributed by atoms with Crippen LogP contribution in [-0.2, 0) is 12.0 Å². The lowest BCUT2D eigenvalue weighted by Crippen LogP contribution is -2.15. The Balaban J connectivity index is 1.66. The summed E-state index contributed by atoms with van der Waals surface area (Å²) >= 11 is 1.63. The summed E-state index contributed by atoms with van der Waals surface area (Å²) in [6.07, 6.45) is 3.19. The van der Waals surface area contributed by atoms with Crippen LogP contribution in [0.25, 0.3) is 0 Å². The zero-order valence-electron chi connectivity index (χ0n) is 12.5. The molecule has 1 aliphatic rings. The van der Waals surface area contributed by atoms with Crippen molar-refractivity contribution >= 4 is 11.3 Å². The summed E-state index contributed by atoms with van der Waals surface area (Å²) in [5.41, 5.74) is 0.316. The average molecular weight is 303 g/mol. The smallest absolute Gasteiger partial charge is 0.119 e. The first kappa shape index (κ1) is 14.5. The molecule has 1 fully saturated rings. The van der Waals surface area contributed by atoms with Crippen LogP contribution in [0.1, 0.15) is 48.2 Å². The van der Waals surface area contributed by atoms with E-state index in [9.17, 15) is 5.11 Å². The van der Waals surface area contributed by atoms with Gasteiger partial charge in [-0.2, -0.15) is 0 Å². The van der Waals surface area contributed by atoms with Crippen LogP contribution in [0.5, 0.6) is 5.75 Å². The summed E-state index contributed by atoms with van der Waals surface area (Å²) in [7, 11) is 0. The molecule has 112 valence electrons. The summed E-state index contributed by atoms with van der Waals surface area (Å²) in [5.74, 6) is 1.45. The molecular formula is C17H21NO2S. The van der Waals surface area contributed by atoms with E-state index in [4.69, 9.17) is 9.72 Å². The van der Waals surface area contributed by atoms with Crippen LogP contribution in [0.15, 0.2) is 30.3 Å². The molecular weight excluding hydrogens is 282 g/mol. The lowest BCUT2D eigenvalue weighted by molar-refractivity contribution is 0.0813. The van der Waals surface area contributed by atoms with E-state index in [-0.39, 0.29) is 0 Å². The molecule has 0 amide bonds. The number of benzene rings is 1. The molecule has 1 N–H and O–H groups in total. The van der Waals surface area contributed by atoms with Crippen LogP contribution in [-0.4, -0.2) is 16.7 Å². The van der Waals surface area contributed by atoms with Crippen molar-refractivity contribution in [3.05, 3.63) is 45.9 Å². The van der Waals surface area contributed by atoms with Gasteiger partial charge in [0, 0.05) is 12.3 Å². The van der Waals surface area contributed by atoms with Crippen molar-refractivity contribution in [1.29, 1.82) is 0 Å². The van der Waals surface area contributed by atoms with Crippen LogP contribution >= 0.6 is 11.3 Å². The van der Waals surface area contributed by atoms with Gasteiger partial charge < -0.3 is 9.84 Å². The molecule has 1 saturated carbocycles. The minimum atomic E-state index is -0.797. The van der Waals surface area contributed by atoms with Gasteiger partial charge in [0.05, 0.1) is 27.8 Å². The van der Waals surface area contributed by atoms with Crippen molar-refractivity contribution in [3.63, 3.8) is 0 Å². The first-order valence-electron chi connectivity index (χ1n) is 7.44. The van der Waals surface area contributed by atoms with Crippen LogP contribution in [0.2, 0.25) is 0 Å². The number of ether oxygens (including phenoxy) is 1. The fraction of sp³-hybridized carbons (Fsp3) is 0.471. The quantitative estimate of drug-likeness (QED) is 0.881. The van der Waals surface area contributed by atoms with Gasteiger partial charge in [-0.05, 0) is 38.8 Å². The third-order valence-electron chi connectivity index (χ3n) is 3.55. The number of hydrogen-bond acceptors (Lipinski definition) is 4. The van der Waals surface area contributed by atoms with E-state index in [2.05, 4.69) is 0 Å². The highest BCUT2D eigenvalue weighted by Crippen LogP contribution is 2.45. The summed E-state index contributed by atoms with van der Waals surface area (Å²) in [6, 6.07) is 9.83. The van der Waals surface area contributed by atoms with Gasteiger partial charge in [0.1, 0.15) is 5.75 Å². The minimum Gasteiger partial charge on any atom is -0.493 e. The van der Waals surface area contributed by atoms with Crippen molar-refractivity contribution < 1.29 is 9.84 Å². The molecule has 0 saturated heterocycles. The Labute approximate surface area is 129 Å². The maximum Gasteiger partial charge on any atom is 0.119 e. The Bertz CT molecular complexity index is 597. The van der Waals surface area contributed by atoms with E-state index in [0.717, 1.165) is 27.7 Å². The zero-order valence-corrected chi connectivity index (χ0v) is 13.3. The molecule has 0 unspecified atom stereocenters. The number of aliphatic hydroxyl groups is 1. The maximum atomic E-state index is 10.3. The molecule has 1 heterocycles. The van der Waals surface area contributed by atoms with Crippen LogP contribution in [0.3, 0.4) is 0 Å². The lowest BCUT2D eigenvalue weighted by atomic mass is 10.0. The van der Waals surface area contributed by atoms with Crippen LogP contribution < -0.4 is 4.74 Å². The molecule has 1 aromatic carbocycles. The molecule has 3 rings (SSSR count). The Morgan fingerprint density at radius 3 is 2.62 bits per heavy atom. The van der Waals surface area contributed by atoms with Crippen molar-refractivity contribution in [2.75, 3.05) is 6.61 Å². The van der Waals surface area contributed by atoms with Gasteiger partial charge in [-0.15, -0.1) is 11.3 Å². The largest absolute Gasteiger partial charge is 0.493 e. The van der Waals surface area contributed by atoms with Crippen molar-refractivity contribution in [2.45, 2.75) is 44.6 Å². The number of aromatic nitrogens is 1. The van der Waals surface area contributed by atoms with Crippen molar-refractivity contribution in [1.82, 2.24) is 4.98 Å². The first-order chi connectivity index (χ1) is 10.0. The Hall–Kier alpha value is -1.39. The summed E-state index contributed by atoms with van der Waals surface area (Å²) < 4.78 is 5.72. The van der Waals surface area contributed by atoms with Gasteiger partial charge in [0.25, 0.3) is 0 Å². The molecule has 2 aromatic rings. The summed E-state index contributed by atoms with van der Waals surface area (Å²) in [4.78, 5) is 5.78. The number of rotatable bonds is 6. The standard InChI is InChI=1S/C17H21NO2S/c1-17(2,19)16-15(12-8-9-12)18-14(21-16)10-11-20-13-6-4-3-5-7-13/h3-7,12,19H,8-11H2,1-2H3. The predicted molar refractivity (Wildman–Crippen MR) is 85.0 cm³/mol. The normalized spacial score (nSPS) is 15.2. The Morgan fingerprint density at radius 1 is 1.29 bits per heavy atom. The van der Waals surface area contributed by atoms with Gasteiger partial charge in [-0.25, -0.2) is 4.98 Å². The van der Waals surface area contributed by atoms with E-state index in [1.807, 2.05) is 44.2 Å². The predicted octanol–water partition coefficient (Wildman–Crippen LogP) is 3.87. The van der Waals surface area contributed by atoms with Gasteiger partial charge in [-0.3, -0.25) is 0 Å². The lowest BCUT2D eigenvalue weighted by Gasteiger charge is -2.16. The molecule has 0 spiro atoms. The van der Waals surface area contributed by atoms with E-state index in [1.165, 1.54) is 12.8 Å². The van der Waals surface area contributed by atoms with E-state index < -0.39 is 5.60 Å². The molecule has 21 heavy (non-hydrogen) atoms. The molecule has 0 atom stereocenters. The molecule has 3 nitrogen and oxygen atoms in total. The highest BCUT2D eigenvalue weighted by molar-refractivity contribution is 7.11. The fourth-order valence-corrected chi connectivity index (χ4v) is 3.46. The highest BCUT2D eigenvalue weighted by atomic mass is 32.1. The Morgan fingerprint density at radius 2 is 2.00 bits per heavy atom. The third kappa shape index (κ3) is 3.63. The van der Waals surface area contributed by atoms with E-state index in [1.54, 1.807) is 11.3 Å². The number of nitrogens with zero attached hydrogens (tertiary/aromatic N) is 1. The zero-order chi connectivity index (χ0) is 14.9. The highest BCUT2D eigenvalue weighted by Gasteiger charge is 2.34. The van der Waals surface area contributed by atoms with Crippen molar-refractivity contribution in [3.8, 4) is 5.75 Å². The van der Waals surface area contributed by atoms with Crippen LogP contribution in [0.4, 0.5) is 0 Å². The second-order valence-electron chi connectivity index (χ2n) is 6.07. The second kappa shape index (κ2) is 5.78. The van der Waals surface area contributed by atoms with Gasteiger partial charge >= 0.3 is 0 Å². The third-order valence-corrected chi connectivity index (χ3v) is 4.99. The van der Waals surface area contributed by atoms with Gasteiger partial charge in [-0.1, -0.05) is 18.2 Å². The molecule has 4 heteroatoms. The molecule has 1 aliphatic carbocycles. The Kier molecular flexibility index (Phi) is 4.00. The van der Waals surface area contributed by atoms with Gasteiger partial charge in [0.15, 0.2) is 0 Å².